The molecule has 0 aliphatic rings. The minimum absolute atomic E-state index is 0.00412. The van der Waals surface area contributed by atoms with Crippen LogP contribution in [0.15, 0.2) is 29.2 Å². The number of ether oxygens (including phenoxy) is 1. The highest BCUT2D eigenvalue weighted by molar-refractivity contribution is 7.89. The third-order valence-electron chi connectivity index (χ3n) is 1.96. The van der Waals surface area contributed by atoms with Crippen LogP contribution in [0.1, 0.15) is 6.92 Å². The second-order valence-electron chi connectivity index (χ2n) is 3.05. The molecule has 0 aliphatic carbocycles. The van der Waals surface area contributed by atoms with E-state index in [4.69, 9.17) is 0 Å². The topological polar surface area (TPSA) is 84.5 Å². The number of anilines is 1. The summed E-state index contributed by atoms with van der Waals surface area (Å²) in [5.41, 5.74) is 0.181. The van der Waals surface area contributed by atoms with E-state index in [-0.39, 0.29) is 17.2 Å². The van der Waals surface area contributed by atoms with Crippen LogP contribution in [-0.4, -0.2) is 28.2 Å². The van der Waals surface area contributed by atoms with Gasteiger partial charge in [-0.2, -0.15) is 0 Å². The third kappa shape index (κ3) is 3.43. The van der Waals surface area contributed by atoms with Crippen LogP contribution in [0.3, 0.4) is 0 Å². The van der Waals surface area contributed by atoms with E-state index in [0.29, 0.717) is 0 Å². The Balaban J connectivity index is 3.05. The average molecular weight is 258 g/mol. The quantitative estimate of drug-likeness (QED) is 0.848. The molecule has 0 saturated heterocycles. The average Bonchev–Trinajstić information content (AvgIpc) is 2.30. The largest absolute Gasteiger partial charge is 0.450 e. The van der Waals surface area contributed by atoms with Crippen molar-refractivity contribution < 1.29 is 17.9 Å². The molecule has 1 aromatic carbocycles. The molecule has 1 aromatic rings. The molecule has 1 rings (SSSR count). The number of nitrogens with one attached hydrogen (secondary N) is 2. The van der Waals surface area contributed by atoms with Crippen LogP contribution in [0.5, 0.6) is 0 Å². The van der Waals surface area contributed by atoms with Gasteiger partial charge in [-0.3, -0.25) is 5.32 Å². The van der Waals surface area contributed by atoms with Gasteiger partial charge in [0.25, 0.3) is 0 Å². The predicted octanol–water partition coefficient (Wildman–Crippen LogP) is 1.16. The zero-order valence-corrected chi connectivity index (χ0v) is 10.4. The van der Waals surface area contributed by atoms with Crippen LogP contribution in [0.25, 0.3) is 0 Å². The van der Waals surface area contributed by atoms with Gasteiger partial charge in [-0.15, -0.1) is 0 Å². The monoisotopic (exact) mass is 258 g/mol. The van der Waals surface area contributed by atoms with Gasteiger partial charge >= 0.3 is 6.09 Å². The maximum atomic E-state index is 11.7. The number of carbonyl (C=O) groups is 1. The van der Waals surface area contributed by atoms with Gasteiger partial charge < -0.3 is 4.74 Å². The Morgan fingerprint density at radius 2 is 2.00 bits per heavy atom. The molecular formula is C10H14N2O4S. The van der Waals surface area contributed by atoms with Crippen molar-refractivity contribution in [3.8, 4) is 0 Å². The van der Waals surface area contributed by atoms with E-state index >= 15 is 0 Å². The minimum Gasteiger partial charge on any atom is -0.450 e. The maximum absolute atomic E-state index is 11.7. The molecule has 0 saturated carbocycles. The Hall–Kier alpha value is -1.60. The van der Waals surface area contributed by atoms with Crippen LogP contribution in [0, 0.1) is 0 Å². The molecule has 7 heteroatoms. The summed E-state index contributed by atoms with van der Waals surface area (Å²) in [6.07, 6.45) is -0.689. The van der Waals surface area contributed by atoms with Gasteiger partial charge in [0.2, 0.25) is 10.0 Å². The summed E-state index contributed by atoms with van der Waals surface area (Å²) < 4.78 is 30.2. The SMILES string of the molecule is CCOC(=O)Nc1ccccc1S(=O)(=O)NC. The lowest BCUT2D eigenvalue weighted by atomic mass is 10.3. The number of amides is 1. The van der Waals surface area contributed by atoms with Gasteiger partial charge in [0.1, 0.15) is 4.90 Å². The van der Waals surface area contributed by atoms with Crippen molar-refractivity contribution in [1.29, 1.82) is 0 Å². The van der Waals surface area contributed by atoms with Crippen LogP contribution < -0.4 is 10.0 Å². The Morgan fingerprint density at radius 3 is 2.59 bits per heavy atom. The first-order valence-corrected chi connectivity index (χ1v) is 6.46. The first-order valence-electron chi connectivity index (χ1n) is 4.97. The first-order chi connectivity index (χ1) is 8.01. The summed E-state index contributed by atoms with van der Waals surface area (Å²) in [5, 5.41) is 2.37. The number of hydrogen-bond donors (Lipinski definition) is 2. The molecular weight excluding hydrogens is 244 g/mol. The van der Waals surface area contributed by atoms with Gasteiger partial charge in [-0.25, -0.2) is 17.9 Å². The Bertz CT molecular complexity index is 499. The summed E-state index contributed by atoms with van der Waals surface area (Å²) in [5.74, 6) is 0. The van der Waals surface area contributed by atoms with E-state index in [9.17, 15) is 13.2 Å². The number of sulfonamides is 1. The van der Waals surface area contributed by atoms with Crippen molar-refractivity contribution in [3.63, 3.8) is 0 Å². The number of rotatable bonds is 4. The molecule has 17 heavy (non-hydrogen) atoms. The fraction of sp³-hybridized carbons (Fsp3) is 0.300. The van der Waals surface area contributed by atoms with Gasteiger partial charge in [-0.05, 0) is 26.1 Å². The van der Waals surface area contributed by atoms with Gasteiger partial charge in [0.05, 0.1) is 12.3 Å². The maximum Gasteiger partial charge on any atom is 0.411 e. The van der Waals surface area contributed by atoms with E-state index in [2.05, 4.69) is 14.8 Å². The van der Waals surface area contributed by atoms with E-state index < -0.39 is 16.1 Å². The zero-order valence-electron chi connectivity index (χ0n) is 9.56. The Morgan fingerprint density at radius 1 is 1.35 bits per heavy atom. The lowest BCUT2D eigenvalue weighted by molar-refractivity contribution is 0.168. The number of benzene rings is 1. The van der Waals surface area contributed by atoms with E-state index in [0.717, 1.165) is 0 Å². The lowest BCUT2D eigenvalue weighted by Gasteiger charge is -2.10. The molecule has 0 fully saturated rings. The molecule has 1 amide bonds. The molecule has 0 aromatic heterocycles. The van der Waals surface area contributed by atoms with E-state index in [1.54, 1.807) is 19.1 Å². The zero-order chi connectivity index (χ0) is 12.9. The van der Waals surface area contributed by atoms with E-state index in [1.807, 2.05) is 0 Å². The summed E-state index contributed by atoms with van der Waals surface area (Å²) in [4.78, 5) is 11.2. The minimum atomic E-state index is -3.61. The fourth-order valence-corrected chi connectivity index (χ4v) is 2.08. The smallest absolute Gasteiger partial charge is 0.411 e. The number of para-hydroxylation sites is 1. The molecule has 0 unspecified atom stereocenters. The predicted molar refractivity (Wildman–Crippen MR) is 63.3 cm³/mol. The van der Waals surface area contributed by atoms with Crippen LogP contribution in [0.2, 0.25) is 0 Å². The highest BCUT2D eigenvalue weighted by atomic mass is 32.2. The van der Waals surface area contributed by atoms with Crippen LogP contribution >= 0.6 is 0 Å². The fourth-order valence-electron chi connectivity index (χ4n) is 1.19. The summed E-state index contributed by atoms with van der Waals surface area (Å²) in [6.45, 7) is 1.88. The molecule has 0 bridgehead atoms. The molecule has 0 aliphatic heterocycles. The summed E-state index contributed by atoms with van der Waals surface area (Å²) >= 11 is 0. The van der Waals surface area contributed by atoms with Crippen molar-refractivity contribution in [1.82, 2.24) is 4.72 Å². The van der Waals surface area contributed by atoms with Gasteiger partial charge in [-0.1, -0.05) is 12.1 Å². The van der Waals surface area contributed by atoms with Gasteiger partial charge in [0, 0.05) is 0 Å². The third-order valence-corrected chi connectivity index (χ3v) is 3.43. The normalized spacial score (nSPS) is 10.9. The van der Waals surface area contributed by atoms with Crippen molar-refractivity contribution in [3.05, 3.63) is 24.3 Å². The van der Waals surface area contributed by atoms with E-state index in [1.165, 1.54) is 19.2 Å². The van der Waals surface area contributed by atoms with Crippen molar-refractivity contribution >= 4 is 21.8 Å². The molecule has 0 spiro atoms. The highest BCUT2D eigenvalue weighted by Gasteiger charge is 2.17. The van der Waals surface area contributed by atoms with Crippen molar-refractivity contribution in [2.75, 3.05) is 19.0 Å². The Labute approximate surface area is 100 Å². The molecule has 94 valence electrons. The second-order valence-corrected chi connectivity index (χ2v) is 4.90. The number of hydrogen-bond acceptors (Lipinski definition) is 4. The number of carbonyl (C=O) groups excluding carboxylic acids is 1. The molecule has 2 N–H and O–H groups in total. The highest BCUT2D eigenvalue weighted by Crippen LogP contribution is 2.20. The Kier molecular flexibility index (Phi) is 4.47. The van der Waals surface area contributed by atoms with Crippen LogP contribution in [-0.2, 0) is 14.8 Å². The molecule has 0 heterocycles. The molecule has 0 atom stereocenters. The van der Waals surface area contributed by atoms with Crippen molar-refractivity contribution in [2.24, 2.45) is 0 Å². The summed E-state index contributed by atoms with van der Waals surface area (Å²) in [7, 11) is -2.31. The molecule has 6 nitrogen and oxygen atoms in total. The van der Waals surface area contributed by atoms with Gasteiger partial charge in [0.15, 0.2) is 0 Å². The standard InChI is InChI=1S/C10H14N2O4S/c1-3-16-10(13)12-8-6-4-5-7-9(8)17(14,15)11-2/h4-7,11H,3H2,1-2H3,(H,12,13). The first kappa shape index (κ1) is 13.5. The summed E-state index contributed by atoms with van der Waals surface area (Å²) in [6, 6.07) is 6.07. The van der Waals surface area contributed by atoms with Crippen molar-refractivity contribution in [2.45, 2.75) is 11.8 Å². The lowest BCUT2D eigenvalue weighted by Crippen LogP contribution is -2.22. The second kappa shape index (κ2) is 5.65. The van der Waals surface area contributed by atoms with Crippen LogP contribution in [0.4, 0.5) is 10.5 Å². The molecule has 0 radical (unpaired) electrons.